The monoisotopic (exact) mass is 162 g/mol. The van der Waals surface area contributed by atoms with Gasteiger partial charge in [-0.25, -0.2) is 4.79 Å². The van der Waals surface area contributed by atoms with Crippen molar-refractivity contribution < 1.29 is 4.48 Å². The fraction of sp³-hybridized carbons (Fsp3) is 0. The molecule has 0 aliphatic heterocycles. The van der Waals surface area contributed by atoms with Crippen LogP contribution in [0.5, 0.6) is 0 Å². The van der Waals surface area contributed by atoms with Gasteiger partial charge in [-0.3, -0.25) is 9.78 Å². The highest BCUT2D eigenvalue weighted by atomic mass is 32.1. The summed E-state index contributed by atoms with van der Waals surface area (Å²) in [4.78, 5) is 22.1. The van der Waals surface area contributed by atoms with Crippen LogP contribution in [-0.2, 0) is 0 Å². The van der Waals surface area contributed by atoms with Crippen molar-refractivity contribution in [2.45, 2.75) is 4.90 Å². The van der Waals surface area contributed by atoms with Crippen LogP contribution < -0.4 is 11.2 Å². The molecule has 0 fully saturated rings. The van der Waals surface area contributed by atoms with E-state index in [9.17, 15) is 14.1 Å². The number of thiol groups is 1. The topological polar surface area (TPSA) is 54.9 Å². The van der Waals surface area contributed by atoms with Gasteiger partial charge in [0.2, 0.25) is 0 Å². The van der Waals surface area contributed by atoms with Gasteiger partial charge < -0.3 is 0 Å². The average Bonchev–Trinajstić information content (AvgIpc) is 1.84. The number of halogens is 1. The summed E-state index contributed by atoms with van der Waals surface area (Å²) in [5, 5.41) is 0. The predicted octanol–water partition coefficient (Wildman–Crippen LogP) is -0.442. The first kappa shape index (κ1) is 7.07. The largest absolute Gasteiger partial charge is 0.356 e. The molecule has 0 spiro atoms. The molecule has 1 aromatic rings. The zero-order chi connectivity index (χ0) is 7.72. The Labute approximate surface area is 59.7 Å². The third-order valence-corrected chi connectivity index (χ3v) is 1.20. The van der Waals surface area contributed by atoms with Crippen LogP contribution in [0.2, 0.25) is 0 Å². The maximum Gasteiger partial charge on any atom is 0.356 e. The van der Waals surface area contributed by atoms with Crippen LogP contribution in [0.15, 0.2) is 20.7 Å². The molecule has 10 heavy (non-hydrogen) atoms. The van der Waals surface area contributed by atoms with Gasteiger partial charge in [-0.15, -0.1) is 17.4 Å². The van der Waals surface area contributed by atoms with Crippen LogP contribution in [0.1, 0.15) is 0 Å². The second-order valence-electron chi connectivity index (χ2n) is 1.58. The summed E-state index contributed by atoms with van der Waals surface area (Å²) in [6.45, 7) is 0. The second kappa shape index (κ2) is 2.30. The van der Waals surface area contributed by atoms with Gasteiger partial charge in [0.25, 0.3) is 5.56 Å². The molecule has 0 bridgehead atoms. The van der Waals surface area contributed by atoms with E-state index in [2.05, 4.69) is 12.6 Å². The standard InChI is InChI=1S/C4H3FN2O2S/c5-7-1-2(10)3(8)6-4(7)9/h1,10H,(H,6,8,9). The van der Waals surface area contributed by atoms with Gasteiger partial charge in [0.05, 0.1) is 11.1 Å². The van der Waals surface area contributed by atoms with Crippen LogP contribution in [0.3, 0.4) is 0 Å². The Morgan fingerprint density at radius 3 is 2.70 bits per heavy atom. The molecule has 1 N–H and O–H groups in total. The SMILES string of the molecule is O=c1[nH]c(=O)n(F)cc1S. The van der Waals surface area contributed by atoms with Gasteiger partial charge in [0.1, 0.15) is 0 Å². The number of nitrogens with one attached hydrogen (secondary N) is 1. The number of hydrogen-bond acceptors (Lipinski definition) is 3. The van der Waals surface area contributed by atoms with Crippen molar-refractivity contribution in [3.8, 4) is 0 Å². The molecule has 1 heterocycles. The zero-order valence-electron chi connectivity index (χ0n) is 4.67. The molecule has 0 aromatic carbocycles. The first-order chi connectivity index (χ1) is 4.61. The van der Waals surface area contributed by atoms with Gasteiger partial charge >= 0.3 is 5.69 Å². The molecule has 4 nitrogen and oxygen atoms in total. The van der Waals surface area contributed by atoms with E-state index in [0.717, 1.165) is 0 Å². The van der Waals surface area contributed by atoms with Gasteiger partial charge in [0.15, 0.2) is 0 Å². The highest BCUT2D eigenvalue weighted by molar-refractivity contribution is 7.80. The normalized spacial score (nSPS) is 9.80. The minimum absolute atomic E-state index is 0.137. The van der Waals surface area contributed by atoms with Gasteiger partial charge in [-0.05, 0) is 0 Å². The molecule has 1 aromatic heterocycles. The minimum atomic E-state index is -1.09. The van der Waals surface area contributed by atoms with Gasteiger partial charge in [-0.2, -0.15) is 0 Å². The molecule has 0 saturated heterocycles. The average molecular weight is 162 g/mol. The number of rotatable bonds is 0. The highest BCUT2D eigenvalue weighted by Crippen LogP contribution is 1.91. The molecule has 1 rings (SSSR count). The number of nitrogens with zero attached hydrogens (tertiary/aromatic N) is 1. The Kier molecular flexibility index (Phi) is 1.62. The highest BCUT2D eigenvalue weighted by Gasteiger charge is 1.97. The summed E-state index contributed by atoms with van der Waals surface area (Å²) >= 11 is 3.57. The van der Waals surface area contributed by atoms with E-state index in [1.807, 2.05) is 0 Å². The van der Waals surface area contributed by atoms with E-state index in [1.54, 1.807) is 4.98 Å². The predicted molar refractivity (Wildman–Crippen MR) is 35.1 cm³/mol. The van der Waals surface area contributed by atoms with Crippen molar-refractivity contribution in [3.05, 3.63) is 27.0 Å². The molecule has 0 amide bonds. The summed E-state index contributed by atoms with van der Waals surface area (Å²) in [6, 6.07) is 0. The molecule has 6 heteroatoms. The molecular weight excluding hydrogens is 159 g/mol. The van der Waals surface area contributed by atoms with E-state index in [0.29, 0.717) is 6.20 Å². The minimum Gasteiger partial charge on any atom is -0.271 e. The molecule has 54 valence electrons. The first-order valence-electron chi connectivity index (χ1n) is 2.32. The van der Waals surface area contributed by atoms with Crippen LogP contribution in [0.25, 0.3) is 0 Å². The van der Waals surface area contributed by atoms with Crippen molar-refractivity contribution in [2.75, 3.05) is 0 Å². The summed E-state index contributed by atoms with van der Waals surface area (Å²) in [5.41, 5.74) is -1.79. The molecular formula is C4H3FN2O2S. The maximum absolute atomic E-state index is 12.1. The second-order valence-corrected chi connectivity index (χ2v) is 2.07. The molecule has 0 radical (unpaired) electrons. The fourth-order valence-electron chi connectivity index (χ4n) is 0.439. The summed E-state index contributed by atoms with van der Waals surface area (Å²) in [5.74, 6) is 0. The van der Waals surface area contributed by atoms with E-state index >= 15 is 0 Å². The number of hydrogen-bond donors (Lipinski definition) is 2. The van der Waals surface area contributed by atoms with E-state index in [-0.39, 0.29) is 9.68 Å². The van der Waals surface area contributed by atoms with Crippen molar-refractivity contribution in [2.24, 2.45) is 0 Å². The van der Waals surface area contributed by atoms with Crippen molar-refractivity contribution in [1.29, 1.82) is 0 Å². The van der Waals surface area contributed by atoms with Crippen molar-refractivity contribution in [3.63, 3.8) is 0 Å². The van der Waals surface area contributed by atoms with Gasteiger partial charge in [-0.1, -0.05) is 4.48 Å². The Morgan fingerprint density at radius 2 is 2.20 bits per heavy atom. The third-order valence-electron chi connectivity index (χ3n) is 0.883. The summed E-state index contributed by atoms with van der Waals surface area (Å²) < 4.78 is 12.1. The van der Waals surface area contributed by atoms with E-state index in [4.69, 9.17) is 0 Å². The molecule has 0 unspecified atom stereocenters. The number of aromatic amines is 1. The molecule has 0 aliphatic carbocycles. The fourth-order valence-corrected chi connectivity index (χ4v) is 0.596. The Hall–Kier alpha value is -1.04. The Bertz CT molecular complexity index is 324. The maximum atomic E-state index is 12.1. The number of aromatic nitrogens is 2. The van der Waals surface area contributed by atoms with Crippen LogP contribution in [0.4, 0.5) is 4.48 Å². The van der Waals surface area contributed by atoms with Crippen LogP contribution >= 0.6 is 12.6 Å². The molecule has 0 saturated carbocycles. The first-order valence-corrected chi connectivity index (χ1v) is 2.77. The molecule has 0 atom stereocenters. The summed E-state index contributed by atoms with van der Waals surface area (Å²) in [7, 11) is 0. The smallest absolute Gasteiger partial charge is 0.271 e. The van der Waals surface area contributed by atoms with E-state index in [1.165, 1.54) is 0 Å². The lowest BCUT2D eigenvalue weighted by atomic mass is 10.7. The van der Waals surface area contributed by atoms with Gasteiger partial charge in [0, 0.05) is 0 Å². The number of H-pyrrole nitrogens is 1. The lowest BCUT2D eigenvalue weighted by Crippen LogP contribution is -2.26. The lowest BCUT2D eigenvalue weighted by molar-refractivity contribution is 0.338. The zero-order valence-corrected chi connectivity index (χ0v) is 5.56. The van der Waals surface area contributed by atoms with E-state index < -0.39 is 11.2 Å². The summed E-state index contributed by atoms with van der Waals surface area (Å²) in [6.07, 6.45) is 0.699. The van der Waals surface area contributed by atoms with Crippen LogP contribution in [-0.4, -0.2) is 9.77 Å². The van der Waals surface area contributed by atoms with Crippen molar-refractivity contribution >= 4 is 12.6 Å². The quantitative estimate of drug-likeness (QED) is 0.508. The molecule has 0 aliphatic rings. The Morgan fingerprint density at radius 1 is 1.60 bits per heavy atom. The van der Waals surface area contributed by atoms with Crippen LogP contribution in [0, 0.1) is 0 Å². The van der Waals surface area contributed by atoms with Crippen molar-refractivity contribution in [1.82, 2.24) is 9.77 Å². The lowest BCUT2D eigenvalue weighted by Gasteiger charge is -1.89. The third kappa shape index (κ3) is 1.10. The Balaban J connectivity index is 3.59.